The van der Waals surface area contributed by atoms with Crippen molar-refractivity contribution in [2.45, 2.75) is 42.6 Å². The summed E-state index contributed by atoms with van der Waals surface area (Å²) in [6.45, 7) is 1.16. The lowest BCUT2D eigenvalue weighted by Gasteiger charge is -2.31. The minimum absolute atomic E-state index is 0.0327. The summed E-state index contributed by atoms with van der Waals surface area (Å²) in [5.41, 5.74) is 11.0. The molecule has 2 aromatic rings. The number of nitrogens with two attached hydrogens (primary N) is 1. The Hall–Kier alpha value is -3.84. The molecule has 2 spiro atoms. The van der Waals surface area contributed by atoms with Crippen LogP contribution in [0.3, 0.4) is 0 Å². The van der Waals surface area contributed by atoms with E-state index in [1.807, 2.05) is 48.5 Å². The highest BCUT2D eigenvalue weighted by Crippen LogP contribution is 2.67. The molecule has 8 rings (SSSR count). The second kappa shape index (κ2) is 7.17. The van der Waals surface area contributed by atoms with Crippen molar-refractivity contribution in [1.82, 2.24) is 9.80 Å². The quantitative estimate of drug-likeness (QED) is 0.689. The number of hydrogen-bond donors (Lipinski definition) is 1. The van der Waals surface area contributed by atoms with E-state index in [0.717, 1.165) is 46.5 Å². The number of carbonyl (C=O) groups is 4. The molecule has 7 heteroatoms. The summed E-state index contributed by atoms with van der Waals surface area (Å²) in [5.74, 6) is 0.218. The number of fused-ring (bicyclic) bond motifs is 2. The molecule has 4 aliphatic carbocycles. The van der Waals surface area contributed by atoms with E-state index in [1.165, 1.54) is 0 Å². The van der Waals surface area contributed by atoms with Gasteiger partial charge >= 0.3 is 0 Å². The monoisotopic (exact) mass is 505 g/mol. The fraction of sp³-hybridized carbons (Fsp3) is 0.355. The normalized spacial score (nSPS) is 31.7. The van der Waals surface area contributed by atoms with Crippen LogP contribution in [0, 0.1) is 11.8 Å². The summed E-state index contributed by atoms with van der Waals surface area (Å²) in [6.07, 6.45) is 5.23. The molecule has 2 saturated heterocycles. The highest BCUT2D eigenvalue weighted by atomic mass is 16.2. The third kappa shape index (κ3) is 2.67. The Bertz CT molecular complexity index is 1460. The highest BCUT2D eigenvalue weighted by molar-refractivity contribution is 6.10. The van der Waals surface area contributed by atoms with E-state index in [2.05, 4.69) is 0 Å². The van der Waals surface area contributed by atoms with Crippen LogP contribution in [0.5, 0.6) is 0 Å². The van der Waals surface area contributed by atoms with E-state index in [-0.39, 0.29) is 47.1 Å². The van der Waals surface area contributed by atoms with Gasteiger partial charge in [-0.15, -0.1) is 0 Å². The van der Waals surface area contributed by atoms with Crippen molar-refractivity contribution in [3.8, 4) is 0 Å². The summed E-state index contributed by atoms with van der Waals surface area (Å²) in [5, 5.41) is 0. The number of ketones is 2. The third-order valence-corrected chi connectivity index (χ3v) is 9.87. The van der Waals surface area contributed by atoms with Crippen molar-refractivity contribution in [3.63, 3.8) is 0 Å². The van der Waals surface area contributed by atoms with Gasteiger partial charge in [0.05, 0.1) is 0 Å². The Morgan fingerprint density at radius 3 is 1.63 bits per heavy atom. The summed E-state index contributed by atoms with van der Waals surface area (Å²) < 4.78 is 0. The fourth-order valence-corrected chi connectivity index (χ4v) is 7.99. The van der Waals surface area contributed by atoms with E-state index in [4.69, 9.17) is 5.73 Å². The zero-order valence-electron chi connectivity index (χ0n) is 20.9. The summed E-state index contributed by atoms with van der Waals surface area (Å²) in [4.78, 5) is 55.8. The molecule has 190 valence electrons. The maximum absolute atomic E-state index is 13.4. The van der Waals surface area contributed by atoms with Crippen LogP contribution in [-0.2, 0) is 20.4 Å². The number of piperidine rings is 2. The number of nitrogens with zero attached hydrogens (tertiary/aromatic N) is 2. The second-order valence-electron chi connectivity index (χ2n) is 11.8. The van der Waals surface area contributed by atoms with Crippen LogP contribution in [0.1, 0.15) is 57.5 Å². The molecule has 4 fully saturated rings. The molecule has 2 N–H and O–H groups in total. The van der Waals surface area contributed by atoms with Crippen LogP contribution in [0.15, 0.2) is 72.1 Å². The molecule has 0 bridgehead atoms. The van der Waals surface area contributed by atoms with Crippen molar-refractivity contribution >= 4 is 23.4 Å². The van der Waals surface area contributed by atoms with Crippen LogP contribution in [0.4, 0.5) is 0 Å². The first-order valence-electron chi connectivity index (χ1n) is 13.4. The maximum Gasteiger partial charge on any atom is 0.228 e. The predicted molar refractivity (Wildman–Crippen MR) is 138 cm³/mol. The van der Waals surface area contributed by atoms with E-state index >= 15 is 0 Å². The molecule has 2 aliphatic heterocycles. The molecular weight excluding hydrogens is 478 g/mol. The van der Waals surface area contributed by atoms with Gasteiger partial charge in [-0.1, -0.05) is 48.5 Å². The SMILES string of the molecule is NC(CC(=O)N1CC2CC23C1=CC(=O)c1ccccc13)CC(=O)N1CC2CC23C1=CC(=O)c1ccccc13. The Morgan fingerprint density at radius 1 is 0.763 bits per heavy atom. The van der Waals surface area contributed by atoms with Gasteiger partial charge in [0, 0.05) is 77.5 Å². The minimum atomic E-state index is -0.643. The topological polar surface area (TPSA) is 101 Å². The molecule has 2 aromatic carbocycles. The van der Waals surface area contributed by atoms with E-state index in [0.29, 0.717) is 24.9 Å². The van der Waals surface area contributed by atoms with Gasteiger partial charge in [0.15, 0.2) is 11.6 Å². The van der Waals surface area contributed by atoms with E-state index < -0.39 is 6.04 Å². The Balaban J connectivity index is 0.977. The minimum Gasteiger partial charge on any atom is -0.327 e. The molecular formula is C31H27N3O4. The molecule has 6 aliphatic rings. The molecule has 4 atom stereocenters. The number of amides is 2. The molecule has 0 radical (unpaired) electrons. The molecule has 2 amide bonds. The van der Waals surface area contributed by atoms with Gasteiger partial charge < -0.3 is 15.5 Å². The van der Waals surface area contributed by atoms with Crippen molar-refractivity contribution < 1.29 is 19.2 Å². The smallest absolute Gasteiger partial charge is 0.228 e. The van der Waals surface area contributed by atoms with Crippen LogP contribution in [-0.4, -0.2) is 52.3 Å². The lowest BCUT2D eigenvalue weighted by Crippen LogP contribution is -2.40. The Labute approximate surface area is 220 Å². The first kappa shape index (κ1) is 22.2. The lowest BCUT2D eigenvalue weighted by molar-refractivity contribution is -0.131. The van der Waals surface area contributed by atoms with Crippen LogP contribution in [0.25, 0.3) is 0 Å². The zero-order valence-corrected chi connectivity index (χ0v) is 20.9. The first-order chi connectivity index (χ1) is 18.3. The Morgan fingerprint density at radius 2 is 1.18 bits per heavy atom. The number of allylic oxidation sites excluding steroid dienone is 4. The molecule has 7 nitrogen and oxygen atoms in total. The van der Waals surface area contributed by atoms with Crippen molar-refractivity contribution in [3.05, 3.63) is 94.3 Å². The standard InChI is InChI=1S/C31H27N3O4/c32-19(9-28(37)33-15-17-13-30(17)22-7-3-1-5-20(22)24(35)11-26(30)33)10-29(38)34-16-18-14-31(18)23-8-4-2-6-21(23)25(36)12-27(31)34/h1-8,11-12,17-19H,9-10,13-16,32H2. The summed E-state index contributed by atoms with van der Waals surface area (Å²) >= 11 is 0. The summed E-state index contributed by atoms with van der Waals surface area (Å²) in [7, 11) is 0. The number of hydrogen-bond acceptors (Lipinski definition) is 5. The predicted octanol–water partition coefficient (Wildman–Crippen LogP) is 2.85. The van der Waals surface area contributed by atoms with Gasteiger partial charge in [-0.05, 0) is 35.8 Å². The molecule has 38 heavy (non-hydrogen) atoms. The first-order valence-corrected chi connectivity index (χ1v) is 13.4. The number of carbonyl (C=O) groups excluding carboxylic acids is 4. The summed E-state index contributed by atoms with van der Waals surface area (Å²) in [6, 6.07) is 14.8. The zero-order chi connectivity index (χ0) is 26.0. The van der Waals surface area contributed by atoms with Crippen molar-refractivity contribution in [2.24, 2.45) is 17.6 Å². The van der Waals surface area contributed by atoms with Crippen LogP contribution in [0.2, 0.25) is 0 Å². The van der Waals surface area contributed by atoms with Crippen LogP contribution >= 0.6 is 0 Å². The lowest BCUT2D eigenvalue weighted by atomic mass is 9.81. The van der Waals surface area contributed by atoms with Gasteiger partial charge in [-0.2, -0.15) is 0 Å². The average molecular weight is 506 g/mol. The molecule has 2 saturated carbocycles. The van der Waals surface area contributed by atoms with Crippen molar-refractivity contribution in [2.75, 3.05) is 13.1 Å². The van der Waals surface area contributed by atoms with Gasteiger partial charge in [0.1, 0.15) is 0 Å². The number of likely N-dealkylation sites (tertiary alicyclic amines) is 2. The average Bonchev–Trinajstić information content (AvgIpc) is 3.76. The molecule has 0 aromatic heterocycles. The number of rotatable bonds is 4. The largest absolute Gasteiger partial charge is 0.327 e. The molecule has 2 heterocycles. The number of benzene rings is 2. The van der Waals surface area contributed by atoms with Gasteiger partial charge in [-0.25, -0.2) is 0 Å². The van der Waals surface area contributed by atoms with Crippen LogP contribution < -0.4 is 5.73 Å². The van der Waals surface area contributed by atoms with Gasteiger partial charge in [0.2, 0.25) is 11.8 Å². The Kier molecular flexibility index (Phi) is 4.18. The third-order valence-electron chi connectivity index (χ3n) is 9.87. The second-order valence-corrected chi connectivity index (χ2v) is 11.8. The van der Waals surface area contributed by atoms with Crippen molar-refractivity contribution in [1.29, 1.82) is 0 Å². The highest BCUT2D eigenvalue weighted by Gasteiger charge is 2.68. The molecule has 4 unspecified atom stereocenters. The maximum atomic E-state index is 13.4. The van der Waals surface area contributed by atoms with E-state index in [1.54, 1.807) is 22.0 Å². The van der Waals surface area contributed by atoms with Gasteiger partial charge in [-0.3, -0.25) is 19.2 Å². The fourth-order valence-electron chi connectivity index (χ4n) is 7.99. The van der Waals surface area contributed by atoms with Gasteiger partial charge in [0.25, 0.3) is 0 Å². The van der Waals surface area contributed by atoms with E-state index in [9.17, 15) is 19.2 Å².